The van der Waals surface area contributed by atoms with Crippen molar-refractivity contribution in [2.45, 2.75) is 19.8 Å². The van der Waals surface area contributed by atoms with E-state index >= 15 is 0 Å². The lowest BCUT2D eigenvalue weighted by atomic mass is 9.99. The highest BCUT2D eigenvalue weighted by Crippen LogP contribution is 2.14. The monoisotopic (exact) mass is 304 g/mol. The Morgan fingerprint density at radius 3 is 2.64 bits per heavy atom. The molecule has 1 fully saturated rings. The summed E-state index contributed by atoms with van der Waals surface area (Å²) in [5.74, 6) is -0.580. The van der Waals surface area contributed by atoms with Gasteiger partial charge in [0.05, 0.1) is 6.54 Å². The van der Waals surface area contributed by atoms with Crippen molar-refractivity contribution in [3.05, 3.63) is 29.8 Å². The van der Waals surface area contributed by atoms with Gasteiger partial charge < -0.3 is 15.4 Å². The van der Waals surface area contributed by atoms with E-state index in [2.05, 4.69) is 10.6 Å². The van der Waals surface area contributed by atoms with Gasteiger partial charge in [-0.05, 0) is 31.9 Å². The molecule has 0 spiro atoms. The molecule has 118 valence electrons. The van der Waals surface area contributed by atoms with Gasteiger partial charge in [0, 0.05) is 30.4 Å². The van der Waals surface area contributed by atoms with Crippen molar-refractivity contribution >= 4 is 23.3 Å². The molecule has 1 heterocycles. The van der Waals surface area contributed by atoms with E-state index in [1.54, 1.807) is 24.3 Å². The first-order valence-corrected chi connectivity index (χ1v) is 7.32. The molecule has 0 aromatic heterocycles. The molecule has 1 saturated heterocycles. The zero-order chi connectivity index (χ0) is 15.9. The number of ether oxygens (including phenoxy) is 1. The minimum atomic E-state index is -0.318. The van der Waals surface area contributed by atoms with Gasteiger partial charge in [-0.25, -0.2) is 0 Å². The van der Waals surface area contributed by atoms with Crippen LogP contribution in [0.1, 0.15) is 30.1 Å². The predicted octanol–water partition coefficient (Wildman–Crippen LogP) is 1.37. The normalized spacial score (nSPS) is 15.1. The summed E-state index contributed by atoms with van der Waals surface area (Å²) in [6, 6.07) is 6.70. The second-order valence-electron chi connectivity index (χ2n) is 5.29. The zero-order valence-corrected chi connectivity index (χ0v) is 12.6. The number of rotatable bonds is 5. The first kappa shape index (κ1) is 16.2. The number of ketones is 1. The number of carbonyl (C=O) groups is 3. The number of benzene rings is 1. The van der Waals surface area contributed by atoms with Gasteiger partial charge >= 0.3 is 0 Å². The van der Waals surface area contributed by atoms with Crippen LogP contribution in [0.4, 0.5) is 5.69 Å². The third kappa shape index (κ3) is 4.66. The third-order valence-electron chi connectivity index (χ3n) is 3.57. The molecule has 1 aliphatic rings. The number of Topliss-reactive ketones (excluding diaryl/α,β-unsaturated/α-hetero) is 1. The largest absolute Gasteiger partial charge is 0.381 e. The Balaban J connectivity index is 1.81. The van der Waals surface area contributed by atoms with E-state index < -0.39 is 0 Å². The summed E-state index contributed by atoms with van der Waals surface area (Å²) in [6.07, 6.45) is 1.38. The van der Waals surface area contributed by atoms with E-state index in [4.69, 9.17) is 4.74 Å². The molecule has 0 saturated carbocycles. The number of nitrogens with one attached hydrogen (secondary N) is 2. The number of amides is 2. The maximum Gasteiger partial charge on any atom is 0.243 e. The molecule has 0 radical (unpaired) electrons. The number of hydrogen-bond donors (Lipinski definition) is 2. The summed E-state index contributed by atoms with van der Waals surface area (Å²) in [5, 5.41) is 5.30. The molecule has 22 heavy (non-hydrogen) atoms. The van der Waals surface area contributed by atoms with E-state index in [1.807, 2.05) is 0 Å². The van der Waals surface area contributed by atoms with Crippen molar-refractivity contribution in [1.29, 1.82) is 0 Å². The van der Waals surface area contributed by atoms with E-state index in [1.165, 1.54) is 6.92 Å². The van der Waals surface area contributed by atoms with Crippen LogP contribution in [0.25, 0.3) is 0 Å². The van der Waals surface area contributed by atoms with Crippen LogP contribution in [0, 0.1) is 5.92 Å². The Bertz CT molecular complexity index is 565. The molecule has 1 aliphatic heterocycles. The van der Waals surface area contributed by atoms with Gasteiger partial charge in [-0.2, -0.15) is 0 Å². The molecule has 0 unspecified atom stereocenters. The molecule has 6 heteroatoms. The minimum absolute atomic E-state index is 0.0658. The maximum absolute atomic E-state index is 11.9. The Labute approximate surface area is 129 Å². The average Bonchev–Trinajstić information content (AvgIpc) is 2.53. The van der Waals surface area contributed by atoms with Crippen LogP contribution in [0.3, 0.4) is 0 Å². The molecule has 0 aliphatic carbocycles. The fourth-order valence-electron chi connectivity index (χ4n) is 2.29. The van der Waals surface area contributed by atoms with Crippen molar-refractivity contribution in [3.63, 3.8) is 0 Å². The second kappa shape index (κ2) is 7.70. The Hall–Kier alpha value is -2.21. The average molecular weight is 304 g/mol. The molecule has 2 amide bonds. The first-order valence-electron chi connectivity index (χ1n) is 7.32. The molecular formula is C16H20N2O4. The van der Waals surface area contributed by atoms with Crippen LogP contribution in [0.5, 0.6) is 0 Å². The van der Waals surface area contributed by atoms with Crippen LogP contribution in [0.15, 0.2) is 24.3 Å². The van der Waals surface area contributed by atoms with E-state index in [0.29, 0.717) is 37.3 Å². The fraction of sp³-hybridized carbons (Fsp3) is 0.438. The van der Waals surface area contributed by atoms with E-state index in [0.717, 1.165) is 0 Å². The number of carbonyl (C=O) groups excluding carboxylic acids is 3. The van der Waals surface area contributed by atoms with E-state index in [9.17, 15) is 14.4 Å². The molecule has 6 nitrogen and oxygen atoms in total. The number of anilines is 1. The zero-order valence-electron chi connectivity index (χ0n) is 12.6. The Morgan fingerprint density at radius 1 is 1.23 bits per heavy atom. The van der Waals surface area contributed by atoms with Crippen molar-refractivity contribution < 1.29 is 19.1 Å². The van der Waals surface area contributed by atoms with Crippen molar-refractivity contribution in [1.82, 2.24) is 5.32 Å². The van der Waals surface area contributed by atoms with Crippen molar-refractivity contribution in [2.24, 2.45) is 5.92 Å². The van der Waals surface area contributed by atoms with Gasteiger partial charge in [0.1, 0.15) is 0 Å². The molecule has 0 atom stereocenters. The predicted molar refractivity (Wildman–Crippen MR) is 81.6 cm³/mol. The first-order chi connectivity index (χ1) is 10.6. The van der Waals surface area contributed by atoms with Gasteiger partial charge in [0.15, 0.2) is 5.78 Å². The number of hydrogen-bond acceptors (Lipinski definition) is 4. The van der Waals surface area contributed by atoms with Crippen LogP contribution in [-0.4, -0.2) is 37.4 Å². The lowest BCUT2D eigenvalue weighted by Crippen LogP contribution is -2.38. The van der Waals surface area contributed by atoms with Crippen molar-refractivity contribution in [3.8, 4) is 0 Å². The van der Waals surface area contributed by atoms with Crippen molar-refractivity contribution in [2.75, 3.05) is 25.1 Å². The fourth-order valence-corrected chi connectivity index (χ4v) is 2.29. The highest BCUT2D eigenvalue weighted by atomic mass is 16.5. The molecule has 0 bridgehead atoms. The van der Waals surface area contributed by atoms with Gasteiger partial charge in [-0.1, -0.05) is 12.1 Å². The van der Waals surface area contributed by atoms with Crippen LogP contribution < -0.4 is 10.6 Å². The summed E-state index contributed by atoms with van der Waals surface area (Å²) in [6.45, 7) is 2.56. The van der Waals surface area contributed by atoms with Crippen LogP contribution in [-0.2, 0) is 14.3 Å². The summed E-state index contributed by atoms with van der Waals surface area (Å²) in [7, 11) is 0. The lowest BCUT2D eigenvalue weighted by Gasteiger charge is -2.21. The Kier molecular flexibility index (Phi) is 5.66. The molecule has 2 rings (SSSR count). The standard InChI is InChI=1S/C16H20N2O4/c1-11(19)13-3-2-4-14(9-13)18-15(20)10-17-16(21)12-5-7-22-8-6-12/h2-4,9,12H,5-8,10H2,1H3,(H,17,21)(H,18,20). The van der Waals surface area contributed by atoms with Gasteiger partial charge in [-0.15, -0.1) is 0 Å². The summed E-state index contributed by atoms with van der Waals surface area (Å²) >= 11 is 0. The SMILES string of the molecule is CC(=O)c1cccc(NC(=O)CNC(=O)C2CCOCC2)c1. The molecule has 1 aromatic rings. The van der Waals surface area contributed by atoms with Gasteiger partial charge in [-0.3, -0.25) is 14.4 Å². The third-order valence-corrected chi connectivity index (χ3v) is 3.57. The molecule has 1 aromatic carbocycles. The molecule has 2 N–H and O–H groups in total. The highest BCUT2D eigenvalue weighted by molar-refractivity contribution is 5.98. The van der Waals surface area contributed by atoms with Gasteiger partial charge in [0.2, 0.25) is 11.8 Å². The topological polar surface area (TPSA) is 84.5 Å². The van der Waals surface area contributed by atoms with Crippen LogP contribution >= 0.6 is 0 Å². The molecular weight excluding hydrogens is 284 g/mol. The van der Waals surface area contributed by atoms with E-state index in [-0.39, 0.29) is 30.1 Å². The van der Waals surface area contributed by atoms with Crippen LogP contribution in [0.2, 0.25) is 0 Å². The lowest BCUT2D eigenvalue weighted by molar-refractivity contribution is -0.129. The summed E-state index contributed by atoms with van der Waals surface area (Å²) in [5.41, 5.74) is 1.07. The Morgan fingerprint density at radius 2 is 1.95 bits per heavy atom. The summed E-state index contributed by atoms with van der Waals surface area (Å²) in [4.78, 5) is 35.0. The quantitative estimate of drug-likeness (QED) is 0.805. The maximum atomic E-state index is 11.9. The smallest absolute Gasteiger partial charge is 0.243 e. The minimum Gasteiger partial charge on any atom is -0.381 e. The highest BCUT2D eigenvalue weighted by Gasteiger charge is 2.21. The summed E-state index contributed by atoms with van der Waals surface area (Å²) < 4.78 is 5.20. The van der Waals surface area contributed by atoms with Gasteiger partial charge in [0.25, 0.3) is 0 Å². The second-order valence-corrected chi connectivity index (χ2v) is 5.29.